The zero-order chi connectivity index (χ0) is 10.1. The fourth-order valence-electron chi connectivity index (χ4n) is 1.06. The summed E-state index contributed by atoms with van der Waals surface area (Å²) in [6.07, 6.45) is 0. The Morgan fingerprint density at radius 1 is 1.21 bits per heavy atom. The summed E-state index contributed by atoms with van der Waals surface area (Å²) in [7, 11) is 0. The summed E-state index contributed by atoms with van der Waals surface area (Å²) in [4.78, 5) is 0. The van der Waals surface area contributed by atoms with E-state index in [0.717, 1.165) is 29.9 Å². The Hall–Kier alpha value is -1.56. The molecule has 0 saturated carbocycles. The third-order valence-electron chi connectivity index (χ3n) is 1.70. The van der Waals surface area contributed by atoms with Crippen molar-refractivity contribution in [1.82, 2.24) is 8.75 Å². The predicted octanol–water partition coefficient (Wildman–Crippen LogP) is 2.07. The molecular weight excluding hydrogens is 208 g/mol. The number of nitrogen functional groups attached to an aromatic ring is 1. The predicted molar refractivity (Wildman–Crippen MR) is 49.7 cm³/mol. The first-order chi connectivity index (χ1) is 6.68. The molecule has 2 aromatic rings. The molecule has 0 aliphatic rings. The maximum Gasteiger partial charge on any atom is 0.165 e. The molecule has 1 heterocycles. The average molecular weight is 213 g/mol. The van der Waals surface area contributed by atoms with E-state index in [1.54, 1.807) is 0 Å². The van der Waals surface area contributed by atoms with E-state index in [0.29, 0.717) is 0 Å². The van der Waals surface area contributed by atoms with Gasteiger partial charge in [-0.3, -0.25) is 0 Å². The molecule has 0 aliphatic carbocycles. The zero-order valence-electron chi connectivity index (χ0n) is 6.87. The summed E-state index contributed by atoms with van der Waals surface area (Å²) in [5, 5.41) is 0. The molecule has 0 fully saturated rings. The molecule has 1 aromatic carbocycles. The van der Waals surface area contributed by atoms with Crippen molar-refractivity contribution < 1.29 is 8.78 Å². The fourth-order valence-corrected chi connectivity index (χ4v) is 1.55. The van der Waals surface area contributed by atoms with Crippen molar-refractivity contribution >= 4 is 17.5 Å². The molecule has 0 aliphatic heterocycles. The molecule has 6 heteroatoms. The second-order valence-electron chi connectivity index (χ2n) is 2.62. The van der Waals surface area contributed by atoms with Crippen LogP contribution in [0.3, 0.4) is 0 Å². The lowest BCUT2D eigenvalue weighted by Gasteiger charge is -1.99. The second kappa shape index (κ2) is 3.30. The van der Waals surface area contributed by atoms with Crippen LogP contribution in [-0.2, 0) is 0 Å². The lowest BCUT2D eigenvalue weighted by molar-refractivity contribution is 0.603. The van der Waals surface area contributed by atoms with Crippen LogP contribution < -0.4 is 5.73 Å². The van der Waals surface area contributed by atoms with Gasteiger partial charge in [0.2, 0.25) is 0 Å². The quantitative estimate of drug-likeness (QED) is 0.788. The monoisotopic (exact) mass is 213 g/mol. The highest BCUT2D eigenvalue weighted by Crippen LogP contribution is 2.26. The Morgan fingerprint density at radius 2 is 2.00 bits per heavy atom. The van der Waals surface area contributed by atoms with Crippen molar-refractivity contribution in [3.05, 3.63) is 29.8 Å². The molecule has 0 amide bonds. The van der Waals surface area contributed by atoms with E-state index >= 15 is 0 Å². The fraction of sp³-hybridized carbons (Fsp3) is 0. The van der Waals surface area contributed by atoms with E-state index in [4.69, 9.17) is 5.73 Å². The normalized spacial score (nSPS) is 10.4. The lowest BCUT2D eigenvalue weighted by Crippen LogP contribution is -1.92. The molecular formula is C8H5F2N3S. The molecule has 0 radical (unpaired) electrons. The molecule has 2 rings (SSSR count). The van der Waals surface area contributed by atoms with Crippen LogP contribution in [0.4, 0.5) is 14.6 Å². The average Bonchev–Trinajstić information content (AvgIpc) is 2.56. The van der Waals surface area contributed by atoms with Gasteiger partial charge >= 0.3 is 0 Å². The third kappa shape index (κ3) is 1.44. The molecule has 0 bridgehead atoms. The van der Waals surface area contributed by atoms with Crippen molar-refractivity contribution in [3.63, 3.8) is 0 Å². The molecule has 2 N–H and O–H groups in total. The number of aromatic nitrogens is 2. The minimum atomic E-state index is -0.564. The Kier molecular flexibility index (Phi) is 2.12. The summed E-state index contributed by atoms with van der Waals surface area (Å²) >= 11 is 0.861. The molecule has 0 saturated heterocycles. The van der Waals surface area contributed by atoms with Gasteiger partial charge in [-0.05, 0) is 18.2 Å². The lowest BCUT2D eigenvalue weighted by atomic mass is 10.1. The molecule has 0 spiro atoms. The summed E-state index contributed by atoms with van der Waals surface area (Å²) in [6, 6.07) is 3.11. The van der Waals surface area contributed by atoms with Crippen molar-refractivity contribution in [2.45, 2.75) is 0 Å². The van der Waals surface area contributed by atoms with Gasteiger partial charge in [0.1, 0.15) is 17.3 Å². The summed E-state index contributed by atoms with van der Waals surface area (Å²) < 4.78 is 33.5. The highest BCUT2D eigenvalue weighted by molar-refractivity contribution is 6.99. The van der Waals surface area contributed by atoms with Crippen LogP contribution in [0.1, 0.15) is 0 Å². The maximum atomic E-state index is 13.2. The van der Waals surface area contributed by atoms with Crippen LogP contribution in [0.5, 0.6) is 0 Å². The number of nitrogens with zero attached hydrogens (tertiary/aromatic N) is 2. The van der Waals surface area contributed by atoms with Gasteiger partial charge in [-0.25, -0.2) is 8.78 Å². The van der Waals surface area contributed by atoms with Crippen LogP contribution in [0.25, 0.3) is 11.3 Å². The number of halogens is 2. The standard InChI is InChI=1S/C8H5F2N3S/c9-4-1-2-6(10)5(3-4)7-8(11)13-14-12-7/h1-3H,(H2,11,13). The Balaban J connectivity index is 2.62. The van der Waals surface area contributed by atoms with Gasteiger partial charge in [-0.2, -0.15) is 8.75 Å². The van der Waals surface area contributed by atoms with Gasteiger partial charge in [-0.15, -0.1) is 0 Å². The minimum absolute atomic E-state index is 0.0382. The van der Waals surface area contributed by atoms with E-state index in [1.165, 1.54) is 0 Å². The van der Waals surface area contributed by atoms with Gasteiger partial charge in [0.25, 0.3) is 0 Å². The van der Waals surface area contributed by atoms with Crippen LogP contribution in [0.2, 0.25) is 0 Å². The largest absolute Gasteiger partial charge is 0.381 e. The third-order valence-corrected chi connectivity index (χ3v) is 2.24. The second-order valence-corrected chi connectivity index (χ2v) is 3.15. The number of benzene rings is 1. The van der Waals surface area contributed by atoms with Gasteiger partial charge in [0.15, 0.2) is 5.82 Å². The highest BCUT2D eigenvalue weighted by atomic mass is 32.1. The van der Waals surface area contributed by atoms with Crippen LogP contribution in [0, 0.1) is 11.6 Å². The molecule has 14 heavy (non-hydrogen) atoms. The van der Waals surface area contributed by atoms with Gasteiger partial charge < -0.3 is 5.73 Å². The van der Waals surface area contributed by atoms with E-state index in [2.05, 4.69) is 8.75 Å². The van der Waals surface area contributed by atoms with Crippen molar-refractivity contribution in [1.29, 1.82) is 0 Å². The summed E-state index contributed by atoms with van der Waals surface area (Å²) in [6.45, 7) is 0. The van der Waals surface area contributed by atoms with Gasteiger partial charge in [-0.1, -0.05) is 0 Å². The van der Waals surface area contributed by atoms with Crippen molar-refractivity contribution in [2.75, 3.05) is 5.73 Å². The van der Waals surface area contributed by atoms with Gasteiger partial charge in [0.05, 0.1) is 11.7 Å². The van der Waals surface area contributed by atoms with E-state index in [1.807, 2.05) is 0 Å². The Bertz CT molecular complexity index is 469. The first-order valence-electron chi connectivity index (χ1n) is 3.72. The Morgan fingerprint density at radius 3 is 2.64 bits per heavy atom. The number of nitrogens with two attached hydrogens (primary N) is 1. The van der Waals surface area contributed by atoms with Crippen molar-refractivity contribution in [2.24, 2.45) is 0 Å². The summed E-state index contributed by atoms with van der Waals surface area (Å²) in [5.74, 6) is -0.987. The number of anilines is 1. The van der Waals surface area contributed by atoms with Crippen molar-refractivity contribution in [3.8, 4) is 11.3 Å². The molecule has 0 unspecified atom stereocenters. The first kappa shape index (κ1) is 9.01. The SMILES string of the molecule is Nc1nsnc1-c1cc(F)ccc1F. The van der Waals surface area contributed by atoms with E-state index in [9.17, 15) is 8.78 Å². The van der Waals surface area contributed by atoms with E-state index < -0.39 is 11.6 Å². The van der Waals surface area contributed by atoms with Crippen LogP contribution >= 0.6 is 11.7 Å². The smallest absolute Gasteiger partial charge is 0.165 e. The van der Waals surface area contributed by atoms with Crippen LogP contribution in [-0.4, -0.2) is 8.75 Å². The topological polar surface area (TPSA) is 51.8 Å². The number of rotatable bonds is 1. The molecule has 0 atom stereocenters. The first-order valence-corrected chi connectivity index (χ1v) is 4.45. The Labute approximate surface area is 82.5 Å². The van der Waals surface area contributed by atoms with E-state index in [-0.39, 0.29) is 17.1 Å². The molecule has 3 nitrogen and oxygen atoms in total. The highest BCUT2D eigenvalue weighted by Gasteiger charge is 2.12. The molecule has 72 valence electrons. The van der Waals surface area contributed by atoms with Gasteiger partial charge in [0, 0.05) is 5.56 Å². The molecule has 1 aromatic heterocycles. The summed E-state index contributed by atoms with van der Waals surface area (Å²) in [5.41, 5.74) is 5.66. The minimum Gasteiger partial charge on any atom is -0.381 e. The number of hydrogen-bond donors (Lipinski definition) is 1. The zero-order valence-corrected chi connectivity index (χ0v) is 7.68. The number of hydrogen-bond acceptors (Lipinski definition) is 4. The maximum absolute atomic E-state index is 13.2. The van der Waals surface area contributed by atoms with Crippen LogP contribution in [0.15, 0.2) is 18.2 Å².